The molecule has 7 nitrogen and oxygen atoms in total. The summed E-state index contributed by atoms with van der Waals surface area (Å²) >= 11 is 0. The Morgan fingerprint density at radius 1 is 1.31 bits per heavy atom. The van der Waals surface area contributed by atoms with Gasteiger partial charge in [0, 0.05) is 24.4 Å². The van der Waals surface area contributed by atoms with Crippen molar-refractivity contribution in [3.8, 4) is 5.75 Å². The Morgan fingerprint density at radius 3 is 2.77 bits per heavy atom. The third-order valence-corrected chi connectivity index (χ3v) is 3.83. The fourth-order valence-electron chi connectivity index (χ4n) is 2.38. The zero-order valence-corrected chi connectivity index (χ0v) is 14.9. The third-order valence-electron chi connectivity index (χ3n) is 3.83. The molecule has 0 saturated heterocycles. The number of nitrogens with one attached hydrogen (secondary N) is 1. The lowest BCUT2D eigenvalue weighted by Gasteiger charge is -2.07. The summed E-state index contributed by atoms with van der Waals surface area (Å²) in [5, 5.41) is 6.60. The molecule has 1 N–H and O–H groups in total. The molecule has 0 spiro atoms. The van der Waals surface area contributed by atoms with E-state index in [0.717, 1.165) is 23.6 Å². The van der Waals surface area contributed by atoms with Gasteiger partial charge in [0.15, 0.2) is 5.82 Å². The molecule has 0 aliphatic heterocycles. The van der Waals surface area contributed by atoms with Gasteiger partial charge in [-0.25, -0.2) is 4.98 Å². The number of hydrogen-bond acceptors (Lipinski definition) is 5. The molecular formula is C19H22N4O3. The molecule has 2 heterocycles. The van der Waals surface area contributed by atoms with Crippen LogP contribution in [0.15, 0.2) is 53.6 Å². The highest BCUT2D eigenvalue weighted by Crippen LogP contribution is 2.18. The van der Waals surface area contributed by atoms with Gasteiger partial charge in [-0.15, -0.1) is 0 Å². The van der Waals surface area contributed by atoms with E-state index in [9.17, 15) is 4.79 Å². The maximum absolute atomic E-state index is 12.1. The van der Waals surface area contributed by atoms with Gasteiger partial charge < -0.3 is 19.1 Å². The number of nitrogens with zero attached hydrogens (tertiary/aromatic N) is 3. The van der Waals surface area contributed by atoms with E-state index >= 15 is 0 Å². The smallest absolute Gasteiger partial charge is 0.230 e. The zero-order valence-electron chi connectivity index (χ0n) is 14.9. The van der Waals surface area contributed by atoms with Crippen LogP contribution in [0.25, 0.3) is 0 Å². The van der Waals surface area contributed by atoms with Crippen LogP contribution < -0.4 is 10.1 Å². The standard InChI is InChI=1S/C19H22N4O3/c1-14(2)17-12-18(22-26-17)21-19(24)11-15-3-5-16(6-4-15)25-10-9-23-8-7-20-13-23/h3-8,12-14H,9-11H2,1-2H3,(H,21,22,24). The van der Waals surface area contributed by atoms with Gasteiger partial charge in [-0.2, -0.15) is 0 Å². The van der Waals surface area contributed by atoms with Gasteiger partial charge in [0.1, 0.15) is 18.1 Å². The maximum Gasteiger partial charge on any atom is 0.230 e. The first-order chi connectivity index (χ1) is 12.6. The molecular weight excluding hydrogens is 332 g/mol. The van der Waals surface area contributed by atoms with E-state index in [4.69, 9.17) is 9.26 Å². The van der Waals surface area contributed by atoms with Crippen LogP contribution in [0.3, 0.4) is 0 Å². The topological polar surface area (TPSA) is 82.2 Å². The fraction of sp³-hybridized carbons (Fsp3) is 0.316. The summed E-state index contributed by atoms with van der Waals surface area (Å²) in [6, 6.07) is 9.25. The number of ether oxygens (including phenoxy) is 1. The summed E-state index contributed by atoms with van der Waals surface area (Å²) in [5.74, 6) is 2.06. The summed E-state index contributed by atoms with van der Waals surface area (Å²) in [6.45, 7) is 5.30. The molecule has 26 heavy (non-hydrogen) atoms. The molecule has 3 aromatic rings. The minimum atomic E-state index is -0.137. The third kappa shape index (κ3) is 4.95. The number of rotatable bonds is 8. The van der Waals surface area contributed by atoms with Gasteiger partial charge >= 0.3 is 0 Å². The van der Waals surface area contributed by atoms with Crippen LogP contribution in [0.4, 0.5) is 5.82 Å². The average molecular weight is 354 g/mol. The summed E-state index contributed by atoms with van der Waals surface area (Å²) in [6.07, 6.45) is 5.65. The number of carbonyl (C=O) groups excluding carboxylic acids is 1. The van der Waals surface area contributed by atoms with Gasteiger partial charge in [-0.05, 0) is 17.7 Å². The van der Waals surface area contributed by atoms with Crippen molar-refractivity contribution in [2.75, 3.05) is 11.9 Å². The van der Waals surface area contributed by atoms with E-state index in [1.165, 1.54) is 0 Å². The lowest BCUT2D eigenvalue weighted by molar-refractivity contribution is -0.115. The minimum Gasteiger partial charge on any atom is -0.492 e. The minimum absolute atomic E-state index is 0.137. The number of anilines is 1. The summed E-state index contributed by atoms with van der Waals surface area (Å²) in [4.78, 5) is 16.1. The molecule has 7 heteroatoms. The molecule has 0 aliphatic carbocycles. The van der Waals surface area contributed by atoms with Gasteiger partial charge in [0.25, 0.3) is 0 Å². The lowest BCUT2D eigenvalue weighted by atomic mass is 10.1. The van der Waals surface area contributed by atoms with Crippen molar-refractivity contribution in [1.82, 2.24) is 14.7 Å². The molecule has 0 aliphatic rings. The first-order valence-electron chi connectivity index (χ1n) is 8.54. The van der Waals surface area contributed by atoms with Crippen LogP contribution >= 0.6 is 0 Å². The number of hydrogen-bond donors (Lipinski definition) is 1. The Balaban J connectivity index is 1.46. The molecule has 0 atom stereocenters. The highest BCUT2D eigenvalue weighted by molar-refractivity contribution is 5.91. The van der Waals surface area contributed by atoms with Crippen molar-refractivity contribution in [3.63, 3.8) is 0 Å². The molecule has 136 valence electrons. The quantitative estimate of drug-likeness (QED) is 0.671. The van der Waals surface area contributed by atoms with Gasteiger partial charge in [0.2, 0.25) is 5.91 Å². The van der Waals surface area contributed by atoms with Gasteiger partial charge in [0.05, 0.1) is 19.3 Å². The van der Waals surface area contributed by atoms with E-state index in [1.54, 1.807) is 18.6 Å². The predicted octanol–water partition coefficient (Wildman–Crippen LogP) is 3.25. The largest absolute Gasteiger partial charge is 0.492 e. The van der Waals surface area contributed by atoms with Crippen molar-refractivity contribution in [1.29, 1.82) is 0 Å². The van der Waals surface area contributed by atoms with Crippen molar-refractivity contribution < 1.29 is 14.1 Å². The van der Waals surface area contributed by atoms with Crippen LogP contribution in [0.5, 0.6) is 5.75 Å². The molecule has 0 saturated carbocycles. The summed E-state index contributed by atoms with van der Waals surface area (Å²) in [5.41, 5.74) is 0.900. The van der Waals surface area contributed by atoms with Crippen molar-refractivity contribution in [3.05, 3.63) is 60.4 Å². The van der Waals surface area contributed by atoms with Crippen LogP contribution in [-0.4, -0.2) is 27.2 Å². The fourth-order valence-corrected chi connectivity index (χ4v) is 2.38. The van der Waals surface area contributed by atoms with Crippen LogP contribution in [-0.2, 0) is 17.8 Å². The monoisotopic (exact) mass is 354 g/mol. The lowest BCUT2D eigenvalue weighted by Crippen LogP contribution is -2.14. The molecule has 0 unspecified atom stereocenters. The normalized spacial score (nSPS) is 10.9. The van der Waals surface area contributed by atoms with Gasteiger partial charge in [-0.1, -0.05) is 31.1 Å². The van der Waals surface area contributed by atoms with Crippen LogP contribution in [0.2, 0.25) is 0 Å². The first-order valence-corrected chi connectivity index (χ1v) is 8.54. The van der Waals surface area contributed by atoms with E-state index < -0.39 is 0 Å². The van der Waals surface area contributed by atoms with E-state index in [2.05, 4.69) is 15.5 Å². The van der Waals surface area contributed by atoms with E-state index in [-0.39, 0.29) is 18.2 Å². The maximum atomic E-state index is 12.1. The Labute approximate surface area is 152 Å². The molecule has 1 aromatic carbocycles. The molecule has 0 radical (unpaired) electrons. The highest BCUT2D eigenvalue weighted by Gasteiger charge is 2.11. The second kappa shape index (κ2) is 8.33. The highest BCUT2D eigenvalue weighted by atomic mass is 16.5. The second-order valence-corrected chi connectivity index (χ2v) is 6.29. The Hall–Kier alpha value is -3.09. The van der Waals surface area contributed by atoms with Crippen LogP contribution in [0, 0.1) is 0 Å². The van der Waals surface area contributed by atoms with Crippen molar-refractivity contribution in [2.45, 2.75) is 32.7 Å². The number of amides is 1. The number of aromatic nitrogens is 3. The number of benzene rings is 1. The first kappa shape index (κ1) is 17.7. The Bertz CT molecular complexity index is 823. The molecule has 0 bridgehead atoms. The number of imidazole rings is 1. The van der Waals surface area contributed by atoms with E-state index in [0.29, 0.717) is 12.4 Å². The average Bonchev–Trinajstić information content (AvgIpc) is 3.28. The number of carbonyl (C=O) groups is 1. The summed E-state index contributed by atoms with van der Waals surface area (Å²) in [7, 11) is 0. The summed E-state index contributed by atoms with van der Waals surface area (Å²) < 4.78 is 12.8. The molecule has 2 aromatic heterocycles. The van der Waals surface area contributed by atoms with E-state index in [1.807, 2.05) is 48.9 Å². The molecule has 1 amide bonds. The van der Waals surface area contributed by atoms with Gasteiger partial charge in [-0.3, -0.25) is 4.79 Å². The van der Waals surface area contributed by atoms with Crippen molar-refractivity contribution in [2.24, 2.45) is 0 Å². The molecule has 0 fully saturated rings. The zero-order chi connectivity index (χ0) is 18.4. The molecule has 3 rings (SSSR count). The van der Waals surface area contributed by atoms with Crippen molar-refractivity contribution >= 4 is 11.7 Å². The SMILES string of the molecule is CC(C)c1cc(NC(=O)Cc2ccc(OCCn3ccnc3)cc2)no1. The predicted molar refractivity (Wildman–Crippen MR) is 97.1 cm³/mol. The Kier molecular flexibility index (Phi) is 5.68. The second-order valence-electron chi connectivity index (χ2n) is 6.29. The van der Waals surface area contributed by atoms with Crippen LogP contribution in [0.1, 0.15) is 31.1 Å². The Morgan fingerprint density at radius 2 is 2.12 bits per heavy atom.